The number of hydrogen-bond acceptors (Lipinski definition) is 4. The van der Waals surface area contributed by atoms with Crippen LogP contribution in [0.3, 0.4) is 0 Å². The van der Waals surface area contributed by atoms with Crippen molar-refractivity contribution < 1.29 is 19.5 Å². The van der Waals surface area contributed by atoms with Crippen LogP contribution in [0.5, 0.6) is 11.5 Å². The number of fused-ring (bicyclic) bond motifs is 1. The zero-order valence-corrected chi connectivity index (χ0v) is 10.6. The lowest BCUT2D eigenvalue weighted by atomic mass is 9.76. The summed E-state index contributed by atoms with van der Waals surface area (Å²) in [5, 5.41) is 20.3. The van der Waals surface area contributed by atoms with Gasteiger partial charge in [0.25, 0.3) is 0 Å². The van der Waals surface area contributed by atoms with Gasteiger partial charge in [0, 0.05) is 0 Å². The van der Waals surface area contributed by atoms with Crippen LogP contribution in [0.2, 0.25) is 0 Å². The average molecular weight is 246 g/mol. The van der Waals surface area contributed by atoms with Crippen molar-refractivity contribution in [1.29, 1.82) is 0 Å². The molecular weight excluding hydrogens is 231 g/mol. The first-order valence-corrected chi connectivity index (χ1v) is 5.60. The van der Waals surface area contributed by atoms with Crippen LogP contribution in [0.15, 0.2) is 24.3 Å². The van der Waals surface area contributed by atoms with Gasteiger partial charge in [0.1, 0.15) is 11.5 Å². The summed E-state index contributed by atoms with van der Waals surface area (Å²) in [5.74, 6) is 1.30. The minimum atomic E-state index is -1.52. The highest BCUT2D eigenvalue weighted by Gasteiger charge is 2.19. The topological polar surface area (TPSA) is 58.9 Å². The van der Waals surface area contributed by atoms with Gasteiger partial charge in [-0.05, 0) is 35.5 Å². The van der Waals surface area contributed by atoms with E-state index in [4.69, 9.17) is 9.47 Å². The smallest absolute Gasteiger partial charge is 0.489 e. The van der Waals surface area contributed by atoms with Gasteiger partial charge in [-0.3, -0.25) is 0 Å². The SMILES string of the molecule is COc1ccc(B(O)O)c2cc(C)cc(OC)c12. The van der Waals surface area contributed by atoms with Crippen LogP contribution in [0.25, 0.3) is 10.8 Å². The van der Waals surface area contributed by atoms with Crippen LogP contribution in [0.4, 0.5) is 0 Å². The van der Waals surface area contributed by atoms with Crippen molar-refractivity contribution >= 4 is 23.4 Å². The van der Waals surface area contributed by atoms with Crippen LogP contribution in [0.1, 0.15) is 5.56 Å². The molecule has 0 radical (unpaired) electrons. The standard InChI is InChI=1S/C13H15BO4/c1-8-6-9-10(14(15)16)4-5-11(17-2)13(9)12(7-8)18-3/h4-7,15-16H,1-3H3. The minimum Gasteiger partial charge on any atom is -0.496 e. The van der Waals surface area contributed by atoms with Gasteiger partial charge < -0.3 is 19.5 Å². The van der Waals surface area contributed by atoms with E-state index in [-0.39, 0.29) is 0 Å². The molecule has 0 unspecified atom stereocenters. The normalized spacial score (nSPS) is 10.5. The molecule has 0 heterocycles. The molecule has 0 aliphatic heterocycles. The Morgan fingerprint density at radius 1 is 1.00 bits per heavy atom. The molecular formula is C13H15BO4. The van der Waals surface area contributed by atoms with Gasteiger partial charge in [-0.15, -0.1) is 0 Å². The first kappa shape index (κ1) is 12.7. The van der Waals surface area contributed by atoms with Crippen LogP contribution in [-0.4, -0.2) is 31.4 Å². The Balaban J connectivity index is 2.90. The molecule has 0 saturated heterocycles. The van der Waals surface area contributed by atoms with E-state index in [1.54, 1.807) is 26.4 Å². The molecule has 94 valence electrons. The summed E-state index contributed by atoms with van der Waals surface area (Å²) >= 11 is 0. The van der Waals surface area contributed by atoms with Gasteiger partial charge >= 0.3 is 7.12 Å². The van der Waals surface area contributed by atoms with Gasteiger partial charge in [0.05, 0.1) is 19.6 Å². The lowest BCUT2D eigenvalue weighted by Crippen LogP contribution is -2.30. The first-order chi connectivity index (χ1) is 8.58. The monoisotopic (exact) mass is 246 g/mol. The molecule has 2 aromatic rings. The predicted octanol–water partition coefficient (Wildman–Crippen LogP) is 0.845. The third-order valence-electron chi connectivity index (χ3n) is 2.94. The Morgan fingerprint density at radius 2 is 1.67 bits per heavy atom. The van der Waals surface area contributed by atoms with Crippen LogP contribution in [0, 0.1) is 6.92 Å². The molecule has 0 saturated carbocycles. The molecule has 18 heavy (non-hydrogen) atoms. The number of rotatable bonds is 3. The zero-order chi connectivity index (χ0) is 13.3. The van der Waals surface area contributed by atoms with Crippen molar-refractivity contribution in [3.8, 4) is 11.5 Å². The second-order valence-electron chi connectivity index (χ2n) is 4.12. The zero-order valence-electron chi connectivity index (χ0n) is 10.6. The number of ether oxygens (including phenoxy) is 2. The molecule has 0 fully saturated rings. The Bertz CT molecular complexity index is 581. The lowest BCUT2D eigenvalue weighted by molar-refractivity contribution is 0.405. The fourth-order valence-corrected chi connectivity index (χ4v) is 2.13. The van der Waals surface area contributed by atoms with Crippen molar-refractivity contribution in [2.45, 2.75) is 6.92 Å². The highest BCUT2D eigenvalue weighted by Crippen LogP contribution is 2.34. The number of methoxy groups -OCH3 is 2. The van der Waals surface area contributed by atoms with Crippen LogP contribution >= 0.6 is 0 Å². The molecule has 0 atom stereocenters. The molecule has 4 nitrogen and oxygen atoms in total. The fraction of sp³-hybridized carbons (Fsp3) is 0.231. The Hall–Kier alpha value is -1.72. The molecule has 0 bridgehead atoms. The quantitative estimate of drug-likeness (QED) is 0.788. The molecule has 2 rings (SSSR count). The molecule has 0 spiro atoms. The lowest BCUT2D eigenvalue weighted by Gasteiger charge is -2.14. The van der Waals surface area contributed by atoms with E-state index in [0.29, 0.717) is 17.0 Å². The largest absolute Gasteiger partial charge is 0.496 e. The fourth-order valence-electron chi connectivity index (χ4n) is 2.13. The molecule has 0 aromatic heterocycles. The van der Waals surface area contributed by atoms with Gasteiger partial charge in [0.15, 0.2) is 0 Å². The van der Waals surface area contributed by atoms with Crippen molar-refractivity contribution in [3.05, 3.63) is 29.8 Å². The molecule has 0 aliphatic rings. The summed E-state index contributed by atoms with van der Waals surface area (Å²) in [6.45, 7) is 1.93. The average Bonchev–Trinajstić information content (AvgIpc) is 2.35. The second-order valence-corrected chi connectivity index (χ2v) is 4.12. The minimum absolute atomic E-state index is 0.438. The van der Waals surface area contributed by atoms with E-state index in [1.165, 1.54) is 0 Å². The molecule has 0 aliphatic carbocycles. The number of hydrogen-bond donors (Lipinski definition) is 2. The first-order valence-electron chi connectivity index (χ1n) is 5.60. The summed E-state index contributed by atoms with van der Waals surface area (Å²) in [4.78, 5) is 0. The third kappa shape index (κ3) is 2.02. The van der Waals surface area contributed by atoms with E-state index in [2.05, 4.69) is 0 Å². The second kappa shape index (κ2) is 4.88. The van der Waals surface area contributed by atoms with E-state index in [1.807, 2.05) is 19.1 Å². The third-order valence-corrected chi connectivity index (χ3v) is 2.94. The van der Waals surface area contributed by atoms with Crippen molar-refractivity contribution in [3.63, 3.8) is 0 Å². The van der Waals surface area contributed by atoms with Crippen molar-refractivity contribution in [2.24, 2.45) is 0 Å². The van der Waals surface area contributed by atoms with Crippen LogP contribution in [-0.2, 0) is 0 Å². The highest BCUT2D eigenvalue weighted by molar-refractivity contribution is 6.62. The Labute approximate surface area is 106 Å². The Kier molecular flexibility index (Phi) is 3.45. The van der Waals surface area contributed by atoms with Crippen molar-refractivity contribution in [1.82, 2.24) is 0 Å². The van der Waals surface area contributed by atoms with E-state index in [9.17, 15) is 10.0 Å². The maximum atomic E-state index is 9.41. The van der Waals surface area contributed by atoms with E-state index < -0.39 is 7.12 Å². The highest BCUT2D eigenvalue weighted by atomic mass is 16.5. The van der Waals surface area contributed by atoms with Crippen molar-refractivity contribution in [2.75, 3.05) is 14.2 Å². The summed E-state index contributed by atoms with van der Waals surface area (Å²) < 4.78 is 10.6. The molecule has 2 N–H and O–H groups in total. The van der Waals surface area contributed by atoms with E-state index in [0.717, 1.165) is 16.3 Å². The molecule has 0 amide bonds. The van der Waals surface area contributed by atoms with Gasteiger partial charge in [-0.2, -0.15) is 0 Å². The van der Waals surface area contributed by atoms with Gasteiger partial charge in [-0.1, -0.05) is 12.1 Å². The van der Waals surface area contributed by atoms with E-state index >= 15 is 0 Å². The molecule has 2 aromatic carbocycles. The van der Waals surface area contributed by atoms with Crippen LogP contribution < -0.4 is 14.9 Å². The molecule has 5 heteroatoms. The summed E-state index contributed by atoms with van der Waals surface area (Å²) in [5.41, 5.74) is 1.42. The number of benzene rings is 2. The van der Waals surface area contributed by atoms with Gasteiger partial charge in [0.2, 0.25) is 0 Å². The number of aryl methyl sites for hydroxylation is 1. The summed E-state index contributed by atoms with van der Waals surface area (Å²) in [6, 6.07) is 7.12. The maximum Gasteiger partial charge on any atom is 0.489 e. The predicted molar refractivity (Wildman–Crippen MR) is 71.6 cm³/mol. The maximum absolute atomic E-state index is 9.41. The Morgan fingerprint density at radius 3 is 2.22 bits per heavy atom. The van der Waals surface area contributed by atoms with Gasteiger partial charge in [-0.25, -0.2) is 0 Å². The summed E-state index contributed by atoms with van der Waals surface area (Å²) in [7, 11) is 1.63. The summed E-state index contributed by atoms with van der Waals surface area (Å²) in [6.07, 6.45) is 0.